The topological polar surface area (TPSA) is 82.4 Å². The lowest BCUT2D eigenvalue weighted by molar-refractivity contribution is -0.138. The Balaban J connectivity index is 2.91. The number of halogens is 1. The summed E-state index contributed by atoms with van der Waals surface area (Å²) in [5.74, 6) is -0.693. The van der Waals surface area contributed by atoms with E-state index in [2.05, 4.69) is 5.32 Å². The highest BCUT2D eigenvalue weighted by Gasteiger charge is 2.10. The first-order valence-electron chi connectivity index (χ1n) is 5.52. The van der Waals surface area contributed by atoms with Gasteiger partial charge in [0.25, 0.3) is 0 Å². The second-order valence-corrected chi connectivity index (χ2v) is 4.07. The Bertz CT molecular complexity index is 538. The summed E-state index contributed by atoms with van der Waals surface area (Å²) < 4.78 is 4.71. The van der Waals surface area contributed by atoms with Crippen LogP contribution in [0.25, 0.3) is 0 Å². The molecule has 0 spiro atoms. The molecule has 1 aromatic carbocycles. The van der Waals surface area contributed by atoms with E-state index in [1.54, 1.807) is 26.0 Å². The van der Waals surface area contributed by atoms with Gasteiger partial charge in [0, 0.05) is 11.9 Å². The van der Waals surface area contributed by atoms with Crippen LogP contribution in [0, 0.1) is 18.3 Å². The average Bonchev–Trinajstić information content (AvgIpc) is 2.37. The monoisotopic (exact) mass is 280 g/mol. The maximum atomic E-state index is 11.4. The fourth-order valence-corrected chi connectivity index (χ4v) is 1.59. The molecule has 2 N–H and O–H groups in total. The minimum atomic E-state index is -0.695. The second kappa shape index (κ2) is 6.66. The van der Waals surface area contributed by atoms with Gasteiger partial charge in [-0.15, -0.1) is 0 Å². The van der Waals surface area contributed by atoms with Crippen LogP contribution >= 0.6 is 11.6 Å². The molecule has 0 saturated heterocycles. The third-order valence-corrected chi connectivity index (χ3v) is 2.54. The van der Waals surface area contributed by atoms with E-state index < -0.39 is 5.97 Å². The van der Waals surface area contributed by atoms with Crippen LogP contribution in [0.3, 0.4) is 0 Å². The number of ether oxygens (including phenoxy) is 1. The maximum absolute atomic E-state index is 11.4. The van der Waals surface area contributed by atoms with Crippen molar-refractivity contribution in [3.63, 3.8) is 0 Å². The van der Waals surface area contributed by atoms with Gasteiger partial charge in [0.2, 0.25) is 0 Å². The quantitative estimate of drug-likeness (QED) is 0.383. The molecule has 0 heterocycles. The first kappa shape index (κ1) is 14.9. The van der Waals surface area contributed by atoms with E-state index in [0.29, 0.717) is 11.3 Å². The molecule has 0 fully saturated rings. The molecule has 19 heavy (non-hydrogen) atoms. The number of carbonyl (C=O) groups is 1. The summed E-state index contributed by atoms with van der Waals surface area (Å²) in [6, 6.07) is 4.86. The zero-order valence-corrected chi connectivity index (χ0v) is 11.3. The molecule has 5 nitrogen and oxygen atoms in total. The number of hydrogen-bond donors (Lipinski definition) is 2. The van der Waals surface area contributed by atoms with Crippen molar-refractivity contribution in [2.45, 2.75) is 13.8 Å². The van der Waals surface area contributed by atoms with Crippen LogP contribution < -0.4 is 5.32 Å². The molecular formula is C13H13ClN2O3. The van der Waals surface area contributed by atoms with Gasteiger partial charge in [-0.05, 0) is 31.5 Å². The molecule has 0 aliphatic heterocycles. The van der Waals surface area contributed by atoms with Crippen molar-refractivity contribution in [2.75, 3.05) is 11.9 Å². The molecule has 0 aliphatic rings. The normalized spacial score (nSPS) is 10.7. The number of esters is 1. The van der Waals surface area contributed by atoms with Crippen LogP contribution in [0.4, 0.5) is 5.69 Å². The molecule has 0 unspecified atom stereocenters. The summed E-state index contributed by atoms with van der Waals surface area (Å²) in [4.78, 5) is 11.4. The van der Waals surface area contributed by atoms with Crippen LogP contribution in [-0.2, 0) is 9.53 Å². The van der Waals surface area contributed by atoms with Crippen LogP contribution in [-0.4, -0.2) is 17.7 Å². The van der Waals surface area contributed by atoms with Gasteiger partial charge in [0.05, 0.1) is 11.6 Å². The number of nitrogens with zero attached hydrogens (tertiary/aromatic N) is 1. The number of phenolic OH excluding ortho intramolecular Hbond substituents is 1. The van der Waals surface area contributed by atoms with Crippen LogP contribution in [0.5, 0.6) is 5.75 Å². The molecule has 100 valence electrons. The van der Waals surface area contributed by atoms with E-state index >= 15 is 0 Å². The van der Waals surface area contributed by atoms with E-state index in [1.165, 1.54) is 12.3 Å². The Morgan fingerprint density at radius 3 is 2.84 bits per heavy atom. The SMILES string of the molecule is CCOC(=O)/C(C#N)=C/Nc1cc(C)c(O)c(Cl)c1. The minimum absolute atomic E-state index is 0.00194. The zero-order chi connectivity index (χ0) is 14.4. The number of hydrogen-bond acceptors (Lipinski definition) is 5. The summed E-state index contributed by atoms with van der Waals surface area (Å²) in [7, 11) is 0. The lowest BCUT2D eigenvalue weighted by Gasteiger charge is -2.07. The summed E-state index contributed by atoms with van der Waals surface area (Å²) >= 11 is 5.81. The van der Waals surface area contributed by atoms with Crippen molar-refractivity contribution in [3.8, 4) is 11.8 Å². The number of nitrogens with one attached hydrogen (secondary N) is 1. The highest BCUT2D eigenvalue weighted by Crippen LogP contribution is 2.30. The predicted octanol–water partition coefficient (Wildman–Crippen LogP) is 2.74. The number of carbonyl (C=O) groups excluding carboxylic acids is 1. The average molecular weight is 281 g/mol. The maximum Gasteiger partial charge on any atom is 0.350 e. The molecule has 0 aliphatic carbocycles. The molecular weight excluding hydrogens is 268 g/mol. The largest absolute Gasteiger partial charge is 0.506 e. The van der Waals surface area contributed by atoms with E-state index in [1.807, 2.05) is 0 Å². The Morgan fingerprint density at radius 2 is 2.32 bits per heavy atom. The van der Waals surface area contributed by atoms with E-state index in [0.717, 1.165) is 0 Å². The van der Waals surface area contributed by atoms with Crippen molar-refractivity contribution in [3.05, 3.63) is 34.5 Å². The Morgan fingerprint density at radius 1 is 1.63 bits per heavy atom. The summed E-state index contributed by atoms with van der Waals surface area (Å²) in [5.41, 5.74) is 0.985. The smallest absolute Gasteiger partial charge is 0.350 e. The summed E-state index contributed by atoms with van der Waals surface area (Å²) in [6.45, 7) is 3.54. The lowest BCUT2D eigenvalue weighted by atomic mass is 10.2. The van der Waals surface area contributed by atoms with Gasteiger partial charge in [-0.25, -0.2) is 4.79 Å². The van der Waals surface area contributed by atoms with Gasteiger partial charge in [0.15, 0.2) is 5.57 Å². The molecule has 0 radical (unpaired) electrons. The van der Waals surface area contributed by atoms with Gasteiger partial charge in [-0.3, -0.25) is 0 Å². The van der Waals surface area contributed by atoms with E-state index in [-0.39, 0.29) is 23.0 Å². The minimum Gasteiger partial charge on any atom is -0.506 e. The first-order chi connectivity index (χ1) is 8.99. The Hall–Kier alpha value is -2.19. The number of phenols is 1. The number of benzene rings is 1. The fourth-order valence-electron chi connectivity index (χ4n) is 1.32. The van der Waals surface area contributed by atoms with E-state index in [9.17, 15) is 9.90 Å². The first-order valence-corrected chi connectivity index (χ1v) is 5.90. The third kappa shape index (κ3) is 3.90. The van der Waals surface area contributed by atoms with Gasteiger partial charge in [0.1, 0.15) is 11.8 Å². The van der Waals surface area contributed by atoms with Crippen LogP contribution in [0.15, 0.2) is 23.9 Å². The standard InChI is InChI=1S/C13H13ClN2O3/c1-3-19-13(18)9(6-15)7-16-10-4-8(2)12(17)11(14)5-10/h4-5,7,16-17H,3H2,1-2H3/b9-7+. The third-order valence-electron chi connectivity index (χ3n) is 2.25. The highest BCUT2D eigenvalue weighted by atomic mass is 35.5. The fraction of sp³-hybridized carbons (Fsp3) is 0.231. The Labute approximate surface area is 116 Å². The number of aryl methyl sites for hydroxylation is 1. The molecule has 0 bridgehead atoms. The van der Waals surface area contributed by atoms with Crippen molar-refractivity contribution in [1.82, 2.24) is 0 Å². The van der Waals surface area contributed by atoms with Gasteiger partial charge >= 0.3 is 5.97 Å². The van der Waals surface area contributed by atoms with Crippen molar-refractivity contribution >= 4 is 23.3 Å². The van der Waals surface area contributed by atoms with Crippen molar-refractivity contribution < 1.29 is 14.6 Å². The lowest BCUT2D eigenvalue weighted by Crippen LogP contribution is -2.07. The van der Waals surface area contributed by atoms with Crippen LogP contribution in [0.2, 0.25) is 5.02 Å². The van der Waals surface area contributed by atoms with Crippen molar-refractivity contribution in [1.29, 1.82) is 5.26 Å². The number of anilines is 1. The molecule has 0 atom stereocenters. The zero-order valence-electron chi connectivity index (χ0n) is 10.5. The molecule has 1 aromatic rings. The second-order valence-electron chi connectivity index (χ2n) is 3.66. The highest BCUT2D eigenvalue weighted by molar-refractivity contribution is 6.32. The van der Waals surface area contributed by atoms with Gasteiger partial charge in [-0.1, -0.05) is 11.6 Å². The number of nitriles is 1. The summed E-state index contributed by atoms with van der Waals surface area (Å²) in [6.07, 6.45) is 1.24. The number of rotatable bonds is 4. The predicted molar refractivity (Wildman–Crippen MR) is 71.8 cm³/mol. The Kier molecular flexibility index (Phi) is 5.22. The number of aromatic hydroxyl groups is 1. The molecule has 0 amide bonds. The van der Waals surface area contributed by atoms with E-state index in [4.69, 9.17) is 21.6 Å². The molecule has 1 rings (SSSR count). The molecule has 0 aromatic heterocycles. The van der Waals surface area contributed by atoms with Crippen molar-refractivity contribution in [2.24, 2.45) is 0 Å². The summed E-state index contributed by atoms with van der Waals surface area (Å²) in [5, 5.41) is 21.3. The van der Waals surface area contributed by atoms with Crippen LogP contribution in [0.1, 0.15) is 12.5 Å². The molecule has 0 saturated carbocycles. The van der Waals surface area contributed by atoms with Gasteiger partial charge in [-0.2, -0.15) is 5.26 Å². The van der Waals surface area contributed by atoms with Gasteiger partial charge < -0.3 is 15.2 Å². The molecule has 6 heteroatoms.